The molecule has 0 spiro atoms. The van der Waals surface area contributed by atoms with E-state index >= 15 is 0 Å². The number of hydrogen-bond acceptors (Lipinski definition) is 3. The van der Waals surface area contributed by atoms with Gasteiger partial charge in [0.05, 0.1) is 22.1 Å². The first-order chi connectivity index (χ1) is 31.2. The second-order valence-corrected chi connectivity index (χ2v) is 16.2. The summed E-state index contributed by atoms with van der Waals surface area (Å²) in [6, 6.07) is 77.5. The van der Waals surface area contributed by atoms with E-state index in [2.05, 4.69) is 191 Å². The topological polar surface area (TPSA) is 48.8 Å². The molecular weight excluding hydrogens is 769 g/mol. The van der Waals surface area contributed by atoms with Crippen molar-refractivity contribution < 1.29 is 4.42 Å². The minimum Gasteiger partial charge on any atom is -0.452 e. The average molecular weight is 805 g/mol. The van der Waals surface area contributed by atoms with Gasteiger partial charge in [-0.2, -0.15) is 0 Å². The van der Waals surface area contributed by atoms with Gasteiger partial charge in [-0.25, -0.2) is 9.97 Å². The van der Waals surface area contributed by atoms with E-state index in [0.29, 0.717) is 11.4 Å². The van der Waals surface area contributed by atoms with Crippen LogP contribution in [-0.2, 0) is 0 Å². The number of nitrogens with zero attached hydrogens (tertiary/aromatic N) is 4. The van der Waals surface area contributed by atoms with Crippen LogP contribution in [0.3, 0.4) is 0 Å². The first-order valence-corrected chi connectivity index (χ1v) is 21.3. The van der Waals surface area contributed by atoms with Gasteiger partial charge >= 0.3 is 0 Å². The fraction of sp³-hybridized carbons (Fsp3) is 0. The summed E-state index contributed by atoms with van der Waals surface area (Å²) in [6.07, 6.45) is 0. The van der Waals surface area contributed by atoms with Gasteiger partial charge in [0.2, 0.25) is 0 Å². The smallest absolute Gasteiger partial charge is 0.180 e. The highest BCUT2D eigenvalue weighted by Gasteiger charge is 2.21. The van der Waals surface area contributed by atoms with Crippen LogP contribution in [0.4, 0.5) is 0 Å². The second kappa shape index (κ2) is 14.0. The van der Waals surface area contributed by atoms with Crippen molar-refractivity contribution >= 4 is 65.7 Å². The van der Waals surface area contributed by atoms with E-state index < -0.39 is 0 Å². The standard InChI is InChI=1S/C58H36N4O/c1-4-15-37(16-5-1)40-21-14-22-43(33-40)61-50-25-12-10-23-45(50)47-34-41(27-30-52(47)61)42-28-31-53-48(35-42)46-24-11-13-26-51(46)62(53)44-29-32-54-49(36-44)56-57(63-54)55(38-17-6-2-7-18-38)59-58(60-56)39-19-8-3-9-20-39/h1-36H. The zero-order valence-corrected chi connectivity index (χ0v) is 34.0. The predicted molar refractivity (Wildman–Crippen MR) is 260 cm³/mol. The summed E-state index contributed by atoms with van der Waals surface area (Å²) in [5, 5.41) is 5.80. The summed E-state index contributed by atoms with van der Waals surface area (Å²) in [5.74, 6) is 0.666. The lowest BCUT2D eigenvalue weighted by atomic mass is 10.0. The molecule has 4 aromatic heterocycles. The summed E-state index contributed by atoms with van der Waals surface area (Å²) < 4.78 is 11.4. The second-order valence-electron chi connectivity index (χ2n) is 16.2. The maximum atomic E-state index is 6.61. The lowest BCUT2D eigenvalue weighted by Crippen LogP contribution is -1.95. The highest BCUT2D eigenvalue weighted by molar-refractivity contribution is 6.13. The summed E-state index contributed by atoms with van der Waals surface area (Å²) in [5.41, 5.74) is 16.5. The van der Waals surface area contributed by atoms with Crippen molar-refractivity contribution in [2.45, 2.75) is 0 Å². The number of benzene rings is 9. The number of furan rings is 1. The van der Waals surface area contributed by atoms with Crippen molar-refractivity contribution in [3.63, 3.8) is 0 Å². The van der Waals surface area contributed by atoms with Gasteiger partial charge < -0.3 is 13.6 Å². The molecule has 0 aliphatic heterocycles. The third kappa shape index (κ3) is 5.64. The van der Waals surface area contributed by atoms with Gasteiger partial charge in [-0.05, 0) is 89.0 Å². The van der Waals surface area contributed by atoms with Crippen molar-refractivity contribution in [3.8, 4) is 56.3 Å². The zero-order chi connectivity index (χ0) is 41.4. The number of rotatable bonds is 6. The summed E-state index contributed by atoms with van der Waals surface area (Å²) in [4.78, 5) is 10.2. The molecule has 0 N–H and O–H groups in total. The van der Waals surface area contributed by atoms with Crippen LogP contribution in [0.1, 0.15) is 0 Å². The first kappa shape index (κ1) is 35.2. The van der Waals surface area contributed by atoms with Crippen molar-refractivity contribution in [1.82, 2.24) is 19.1 Å². The van der Waals surface area contributed by atoms with Gasteiger partial charge in [-0.1, -0.05) is 152 Å². The molecule has 5 heteroatoms. The molecule has 0 aliphatic carbocycles. The van der Waals surface area contributed by atoms with Gasteiger partial charge in [0, 0.05) is 49.4 Å². The van der Waals surface area contributed by atoms with E-state index in [1.165, 1.54) is 54.8 Å². The SMILES string of the molecule is c1ccc(-c2cccc(-n3c4ccccc4c4cc(-c5ccc6c(c5)c5ccccc5n6-c5ccc6oc7c(-c8ccccc8)nc(-c8ccccc8)nc7c6c5)ccc43)c2)cc1. The molecule has 4 heterocycles. The fourth-order valence-corrected chi connectivity index (χ4v) is 9.60. The van der Waals surface area contributed by atoms with E-state index in [-0.39, 0.29) is 0 Å². The molecule has 0 saturated heterocycles. The minimum atomic E-state index is 0.666. The van der Waals surface area contributed by atoms with Crippen LogP contribution in [0, 0.1) is 0 Å². The Morgan fingerprint density at radius 3 is 1.46 bits per heavy atom. The normalized spacial score (nSPS) is 11.8. The van der Waals surface area contributed by atoms with E-state index in [1.807, 2.05) is 36.4 Å². The molecule has 0 bridgehead atoms. The maximum Gasteiger partial charge on any atom is 0.180 e. The van der Waals surface area contributed by atoms with Crippen LogP contribution in [0.25, 0.3) is 122 Å². The third-order valence-electron chi connectivity index (χ3n) is 12.5. The first-order valence-electron chi connectivity index (χ1n) is 21.3. The number of para-hydroxylation sites is 2. The van der Waals surface area contributed by atoms with E-state index in [1.54, 1.807) is 0 Å². The highest BCUT2D eigenvalue weighted by atomic mass is 16.3. The molecule has 9 aromatic carbocycles. The van der Waals surface area contributed by atoms with Gasteiger partial charge in [0.15, 0.2) is 11.4 Å². The quantitative estimate of drug-likeness (QED) is 0.168. The largest absolute Gasteiger partial charge is 0.452 e. The fourth-order valence-electron chi connectivity index (χ4n) is 9.60. The maximum absolute atomic E-state index is 6.61. The molecule has 5 nitrogen and oxygen atoms in total. The van der Waals surface area contributed by atoms with E-state index in [0.717, 1.165) is 55.7 Å². The zero-order valence-electron chi connectivity index (χ0n) is 34.0. The van der Waals surface area contributed by atoms with E-state index in [9.17, 15) is 0 Å². The minimum absolute atomic E-state index is 0.666. The van der Waals surface area contributed by atoms with Gasteiger partial charge in [0.1, 0.15) is 16.8 Å². The summed E-state index contributed by atoms with van der Waals surface area (Å²) in [6.45, 7) is 0. The van der Waals surface area contributed by atoms with Crippen LogP contribution >= 0.6 is 0 Å². The summed E-state index contributed by atoms with van der Waals surface area (Å²) in [7, 11) is 0. The molecule has 63 heavy (non-hydrogen) atoms. The molecule has 0 saturated carbocycles. The number of fused-ring (bicyclic) bond motifs is 9. The van der Waals surface area contributed by atoms with Gasteiger partial charge in [-0.15, -0.1) is 0 Å². The third-order valence-corrected chi connectivity index (χ3v) is 12.5. The Balaban J connectivity index is 0.957. The highest BCUT2D eigenvalue weighted by Crippen LogP contribution is 2.41. The average Bonchev–Trinajstić information content (AvgIpc) is 4.01. The Morgan fingerprint density at radius 2 is 0.825 bits per heavy atom. The van der Waals surface area contributed by atoms with Crippen LogP contribution in [0.2, 0.25) is 0 Å². The van der Waals surface area contributed by atoms with Crippen molar-refractivity contribution in [3.05, 3.63) is 218 Å². The molecule has 13 rings (SSSR count). The Morgan fingerprint density at radius 1 is 0.317 bits per heavy atom. The number of aromatic nitrogens is 4. The molecule has 0 atom stereocenters. The molecular formula is C58H36N4O. The molecule has 0 aliphatic rings. The Kier molecular flexibility index (Phi) is 7.84. The van der Waals surface area contributed by atoms with E-state index in [4.69, 9.17) is 14.4 Å². The molecule has 13 aromatic rings. The van der Waals surface area contributed by atoms with Crippen LogP contribution in [0.15, 0.2) is 223 Å². The summed E-state index contributed by atoms with van der Waals surface area (Å²) >= 11 is 0. The van der Waals surface area contributed by atoms with Gasteiger partial charge in [-0.3, -0.25) is 0 Å². The van der Waals surface area contributed by atoms with Crippen molar-refractivity contribution in [1.29, 1.82) is 0 Å². The molecule has 0 amide bonds. The Labute approximate surface area is 362 Å². The Hall–Kier alpha value is -8.54. The lowest BCUT2D eigenvalue weighted by molar-refractivity contribution is 0.667. The van der Waals surface area contributed by atoms with Crippen molar-refractivity contribution in [2.24, 2.45) is 0 Å². The predicted octanol–water partition coefficient (Wildman–Crippen LogP) is 15.2. The molecule has 0 radical (unpaired) electrons. The Bertz CT molecular complexity index is 3900. The molecule has 0 unspecified atom stereocenters. The molecule has 0 fully saturated rings. The monoisotopic (exact) mass is 804 g/mol. The van der Waals surface area contributed by atoms with Crippen LogP contribution in [-0.4, -0.2) is 19.1 Å². The molecule has 294 valence electrons. The van der Waals surface area contributed by atoms with Crippen LogP contribution < -0.4 is 0 Å². The van der Waals surface area contributed by atoms with Crippen LogP contribution in [0.5, 0.6) is 0 Å². The van der Waals surface area contributed by atoms with Gasteiger partial charge in [0.25, 0.3) is 0 Å². The van der Waals surface area contributed by atoms with Crippen molar-refractivity contribution in [2.75, 3.05) is 0 Å². The lowest BCUT2D eigenvalue weighted by Gasteiger charge is -2.11. The number of hydrogen-bond donors (Lipinski definition) is 0.